The van der Waals surface area contributed by atoms with E-state index in [-0.39, 0.29) is 5.91 Å². The van der Waals surface area contributed by atoms with Crippen molar-refractivity contribution in [2.45, 2.75) is 32.4 Å². The van der Waals surface area contributed by atoms with Crippen molar-refractivity contribution in [3.63, 3.8) is 0 Å². The molecule has 8 heteroatoms. The normalized spacial score (nSPS) is 20.1. The Morgan fingerprint density at radius 2 is 2.07 bits per heavy atom. The van der Waals surface area contributed by atoms with Gasteiger partial charge < -0.3 is 20.5 Å². The molecule has 1 aromatic heterocycles. The Morgan fingerprint density at radius 3 is 2.73 bits per heavy atom. The molecule has 2 aliphatic heterocycles. The fraction of sp³-hybridized carbons (Fsp3) is 0.227. The number of carboxylic acid groups (broad SMARTS) is 1. The van der Waals surface area contributed by atoms with Crippen LogP contribution in [0.1, 0.15) is 31.9 Å². The second kappa shape index (κ2) is 6.98. The molecule has 3 heterocycles. The monoisotopic (exact) mass is 409 g/mol. The number of rotatable bonds is 4. The van der Waals surface area contributed by atoms with Crippen LogP contribution in [0.3, 0.4) is 0 Å². The summed E-state index contributed by atoms with van der Waals surface area (Å²) < 4.78 is 19.6. The van der Waals surface area contributed by atoms with Gasteiger partial charge in [0.15, 0.2) is 0 Å². The number of allylic oxidation sites excluding steroid dienone is 1. The molecular formula is C22H20FN3O4. The first-order valence-corrected chi connectivity index (χ1v) is 9.38. The molecule has 0 radical (unpaired) electrons. The molecule has 0 fully saturated rings. The predicted molar refractivity (Wildman–Crippen MR) is 110 cm³/mol. The third-order valence-corrected chi connectivity index (χ3v) is 5.07. The Hall–Kier alpha value is -3.68. The number of hydrogen-bond donors (Lipinski definition) is 3. The highest BCUT2D eigenvalue weighted by atomic mass is 19.1. The van der Waals surface area contributed by atoms with Gasteiger partial charge in [-0.25, -0.2) is 9.37 Å². The number of benzene rings is 1. The molecule has 1 amide bonds. The summed E-state index contributed by atoms with van der Waals surface area (Å²) in [5.74, 6) is -0.907. The van der Waals surface area contributed by atoms with Crippen molar-refractivity contribution in [3.05, 3.63) is 65.3 Å². The number of amides is 1. The summed E-state index contributed by atoms with van der Waals surface area (Å²) in [5.41, 5.74) is 2.23. The van der Waals surface area contributed by atoms with Crippen LogP contribution in [0, 0.1) is 5.82 Å². The largest absolute Gasteiger partial charge is 0.482 e. The molecule has 154 valence electrons. The molecule has 2 aliphatic rings. The first-order valence-electron chi connectivity index (χ1n) is 9.38. The highest BCUT2D eigenvalue weighted by Gasteiger charge is 2.38. The lowest BCUT2D eigenvalue weighted by atomic mass is 9.93. The highest BCUT2D eigenvalue weighted by Crippen LogP contribution is 2.44. The first kappa shape index (κ1) is 19.6. The van der Waals surface area contributed by atoms with Crippen LogP contribution >= 0.6 is 0 Å². The van der Waals surface area contributed by atoms with Gasteiger partial charge in [-0.05, 0) is 57.2 Å². The molecule has 0 saturated carbocycles. The molecule has 0 bridgehead atoms. The molecule has 30 heavy (non-hydrogen) atoms. The van der Waals surface area contributed by atoms with Crippen molar-refractivity contribution in [1.82, 2.24) is 4.98 Å². The van der Waals surface area contributed by atoms with Gasteiger partial charge in [-0.15, -0.1) is 0 Å². The molecule has 7 nitrogen and oxygen atoms in total. The van der Waals surface area contributed by atoms with E-state index in [1.807, 2.05) is 19.9 Å². The zero-order valence-corrected chi connectivity index (χ0v) is 16.6. The second-order valence-electron chi connectivity index (χ2n) is 7.69. The highest BCUT2D eigenvalue weighted by molar-refractivity contribution is 6.32. The van der Waals surface area contributed by atoms with Gasteiger partial charge in [-0.2, -0.15) is 0 Å². The van der Waals surface area contributed by atoms with Crippen LogP contribution in [0.15, 0.2) is 48.4 Å². The molecule has 0 spiro atoms. The fourth-order valence-corrected chi connectivity index (χ4v) is 3.53. The third kappa shape index (κ3) is 3.41. The number of fused-ring (bicyclic) bond motifs is 1. The molecule has 1 atom stereocenters. The number of aliphatic carboxylic acids is 1. The lowest BCUT2D eigenvalue weighted by Gasteiger charge is -2.23. The van der Waals surface area contributed by atoms with Gasteiger partial charge >= 0.3 is 5.97 Å². The second-order valence-corrected chi connectivity index (χ2v) is 7.69. The summed E-state index contributed by atoms with van der Waals surface area (Å²) in [6.45, 7) is 5.29. The summed E-state index contributed by atoms with van der Waals surface area (Å²) in [4.78, 5) is 27.8. The van der Waals surface area contributed by atoms with Crippen molar-refractivity contribution in [1.29, 1.82) is 0 Å². The molecule has 1 aromatic carbocycles. The molecule has 0 saturated heterocycles. The minimum atomic E-state index is -0.972. The summed E-state index contributed by atoms with van der Waals surface area (Å²) in [5, 5.41) is 14.5. The minimum Gasteiger partial charge on any atom is -0.482 e. The first-order chi connectivity index (χ1) is 14.2. The maximum absolute atomic E-state index is 13.5. The Bertz CT molecular complexity index is 1120. The number of ether oxygens (including phenoxy) is 1. The van der Waals surface area contributed by atoms with E-state index in [2.05, 4.69) is 15.6 Å². The third-order valence-electron chi connectivity index (χ3n) is 5.07. The summed E-state index contributed by atoms with van der Waals surface area (Å²) >= 11 is 0. The Morgan fingerprint density at radius 1 is 1.30 bits per heavy atom. The summed E-state index contributed by atoms with van der Waals surface area (Å²) in [7, 11) is 0. The molecule has 2 aromatic rings. The van der Waals surface area contributed by atoms with Crippen LogP contribution in [0.5, 0.6) is 0 Å². The van der Waals surface area contributed by atoms with E-state index in [1.54, 1.807) is 24.4 Å². The molecule has 3 N–H and O–H groups in total. The van der Waals surface area contributed by atoms with E-state index in [1.165, 1.54) is 19.1 Å². The number of nitrogens with zero attached hydrogens (tertiary/aromatic N) is 1. The number of carbonyl (C=O) groups is 2. The molecule has 1 unspecified atom stereocenters. The fourth-order valence-electron chi connectivity index (χ4n) is 3.53. The van der Waals surface area contributed by atoms with Crippen molar-refractivity contribution in [2.75, 3.05) is 10.6 Å². The maximum Gasteiger partial charge on any atom is 0.325 e. The van der Waals surface area contributed by atoms with E-state index in [4.69, 9.17) is 9.84 Å². The van der Waals surface area contributed by atoms with E-state index in [0.717, 1.165) is 11.1 Å². The Balaban J connectivity index is 1.70. The zero-order chi connectivity index (χ0) is 21.6. The summed E-state index contributed by atoms with van der Waals surface area (Å²) in [6, 6.07) is 6.87. The van der Waals surface area contributed by atoms with Crippen LogP contribution in [-0.4, -0.2) is 33.6 Å². The lowest BCUT2D eigenvalue weighted by molar-refractivity contribution is -0.137. The van der Waals surface area contributed by atoms with Crippen molar-refractivity contribution in [3.8, 4) is 0 Å². The number of pyridine rings is 1. The smallest absolute Gasteiger partial charge is 0.325 e. The SMILES string of the molecule is CC(Nc1ccc(C2=C/C(=C3\C(=O)Nc4cc(F)ccc43)OC2(C)C)cn1)C(=O)O. The number of hydrogen-bond acceptors (Lipinski definition) is 5. The topological polar surface area (TPSA) is 101 Å². The van der Waals surface area contributed by atoms with Crippen molar-refractivity contribution < 1.29 is 23.8 Å². The van der Waals surface area contributed by atoms with E-state index >= 15 is 0 Å². The minimum absolute atomic E-state index is 0.348. The van der Waals surface area contributed by atoms with Crippen LogP contribution in [0.2, 0.25) is 0 Å². The quantitative estimate of drug-likeness (QED) is 0.667. The average molecular weight is 409 g/mol. The Labute approximate surface area is 172 Å². The van der Waals surface area contributed by atoms with Crippen LogP contribution in [0.4, 0.5) is 15.9 Å². The summed E-state index contributed by atoms with van der Waals surface area (Å²) in [6.07, 6.45) is 3.41. The van der Waals surface area contributed by atoms with Gasteiger partial charge in [-0.1, -0.05) is 0 Å². The van der Waals surface area contributed by atoms with Gasteiger partial charge in [0, 0.05) is 22.9 Å². The predicted octanol–water partition coefficient (Wildman–Crippen LogP) is 3.66. The van der Waals surface area contributed by atoms with E-state index in [0.29, 0.717) is 28.4 Å². The number of nitrogens with one attached hydrogen (secondary N) is 2. The van der Waals surface area contributed by atoms with Crippen molar-refractivity contribution in [2.24, 2.45) is 0 Å². The molecule has 4 rings (SSSR count). The number of aromatic nitrogens is 1. The van der Waals surface area contributed by atoms with Crippen molar-refractivity contribution >= 4 is 34.5 Å². The molecule has 0 aliphatic carbocycles. The standard InChI is InChI=1S/C22H20FN3O4/c1-11(21(28)29)25-18-7-4-12(10-24-18)15-9-17(30-22(15,2)3)19-14-6-5-13(23)8-16(14)26-20(19)27/h4-11H,1-3H3,(H,24,25)(H,26,27)(H,28,29)/b19-17+. The lowest BCUT2D eigenvalue weighted by Crippen LogP contribution is -2.26. The number of carboxylic acids is 1. The van der Waals surface area contributed by atoms with Crippen LogP contribution in [-0.2, 0) is 14.3 Å². The van der Waals surface area contributed by atoms with Gasteiger partial charge in [0.1, 0.15) is 29.0 Å². The van der Waals surface area contributed by atoms with Crippen LogP contribution < -0.4 is 10.6 Å². The Kier molecular flexibility index (Phi) is 4.57. The molecular weight excluding hydrogens is 389 g/mol. The zero-order valence-electron chi connectivity index (χ0n) is 16.6. The van der Waals surface area contributed by atoms with E-state index in [9.17, 15) is 14.0 Å². The van der Waals surface area contributed by atoms with E-state index < -0.39 is 23.4 Å². The van der Waals surface area contributed by atoms with Gasteiger partial charge in [0.05, 0.1) is 11.3 Å². The van der Waals surface area contributed by atoms with Crippen LogP contribution in [0.25, 0.3) is 11.1 Å². The van der Waals surface area contributed by atoms with Gasteiger partial charge in [0.25, 0.3) is 5.91 Å². The number of halogens is 1. The number of anilines is 2. The van der Waals surface area contributed by atoms with Gasteiger partial charge in [-0.3, -0.25) is 9.59 Å². The number of carbonyl (C=O) groups excluding carboxylic acids is 1. The van der Waals surface area contributed by atoms with Gasteiger partial charge in [0.2, 0.25) is 0 Å². The maximum atomic E-state index is 13.5. The average Bonchev–Trinajstić information content (AvgIpc) is 3.16.